The van der Waals surface area contributed by atoms with Gasteiger partial charge in [0.1, 0.15) is 22.7 Å². The summed E-state index contributed by atoms with van der Waals surface area (Å²) in [5.74, 6) is 0. The van der Waals surface area contributed by atoms with Crippen LogP contribution in [0.3, 0.4) is 0 Å². The van der Waals surface area contributed by atoms with Crippen LogP contribution in [0.2, 0.25) is 0 Å². The van der Waals surface area contributed by atoms with Crippen LogP contribution in [0, 0.1) is 11.3 Å². The van der Waals surface area contributed by atoms with Crippen molar-refractivity contribution in [3.8, 4) is 17.5 Å². The average Bonchev–Trinajstić information content (AvgIpc) is 3.04. The van der Waals surface area contributed by atoms with Gasteiger partial charge >= 0.3 is 12.4 Å². The molecule has 0 aromatic carbocycles. The molecule has 0 aliphatic heterocycles. The molecular formula is C21H17F6N5O2S. The molecule has 186 valence electrons. The van der Waals surface area contributed by atoms with E-state index in [2.05, 4.69) is 9.97 Å². The zero-order valence-corrected chi connectivity index (χ0v) is 18.8. The van der Waals surface area contributed by atoms with Gasteiger partial charge in [-0.3, -0.25) is 4.98 Å². The Hall–Kier alpha value is -3.18. The molecular weight excluding hydrogens is 500 g/mol. The van der Waals surface area contributed by atoms with Crippen molar-refractivity contribution in [2.24, 2.45) is 0 Å². The highest BCUT2D eigenvalue weighted by Crippen LogP contribution is 2.42. The lowest BCUT2D eigenvalue weighted by atomic mass is 9.92. The number of rotatable bonds is 5. The number of sulfonamides is 1. The van der Waals surface area contributed by atoms with Gasteiger partial charge < -0.3 is 4.57 Å². The molecule has 1 fully saturated rings. The summed E-state index contributed by atoms with van der Waals surface area (Å²) in [5.41, 5.74) is -0.744. The van der Waals surface area contributed by atoms with Gasteiger partial charge in [0.05, 0.1) is 22.5 Å². The maximum atomic E-state index is 13.3. The largest absolute Gasteiger partial charge is 0.417 e. The number of fused-ring (bicyclic) bond motifs is 1. The molecule has 1 atom stereocenters. The minimum atomic E-state index is -4.80. The van der Waals surface area contributed by atoms with E-state index < -0.39 is 38.9 Å². The number of hydrogen-bond acceptors (Lipinski definition) is 5. The zero-order valence-electron chi connectivity index (χ0n) is 17.9. The molecule has 3 aromatic heterocycles. The second-order valence-electron chi connectivity index (χ2n) is 8.15. The summed E-state index contributed by atoms with van der Waals surface area (Å²) in [7, 11) is -4.57. The van der Waals surface area contributed by atoms with Crippen molar-refractivity contribution in [1.82, 2.24) is 19.3 Å². The molecule has 0 amide bonds. The Balaban J connectivity index is 1.83. The Morgan fingerprint density at radius 2 is 1.83 bits per heavy atom. The minimum Gasteiger partial charge on any atom is -0.320 e. The lowest BCUT2D eigenvalue weighted by molar-refractivity contribution is -0.147. The van der Waals surface area contributed by atoms with E-state index in [1.54, 1.807) is 4.57 Å². The number of nitrogens with one attached hydrogen (secondary N) is 1. The van der Waals surface area contributed by atoms with E-state index in [1.807, 2.05) is 6.07 Å². The van der Waals surface area contributed by atoms with E-state index in [1.165, 1.54) is 10.8 Å². The van der Waals surface area contributed by atoms with Crippen molar-refractivity contribution in [3.05, 3.63) is 41.7 Å². The Bertz CT molecular complexity index is 1420. The number of nitrogens with zero attached hydrogens (tertiary/aromatic N) is 4. The second-order valence-corrected chi connectivity index (χ2v) is 9.86. The number of hydrogen-bond donors (Lipinski definition) is 1. The van der Waals surface area contributed by atoms with Crippen LogP contribution >= 0.6 is 0 Å². The second kappa shape index (κ2) is 8.49. The van der Waals surface area contributed by atoms with Crippen LogP contribution in [0.25, 0.3) is 22.4 Å². The molecule has 14 heteroatoms. The topological polar surface area (TPSA) is 101 Å². The fourth-order valence-electron chi connectivity index (χ4n) is 3.75. The molecule has 0 bridgehead atoms. The van der Waals surface area contributed by atoms with Crippen molar-refractivity contribution < 1.29 is 34.8 Å². The number of pyridine rings is 2. The number of halogens is 6. The van der Waals surface area contributed by atoms with Gasteiger partial charge in [-0.2, -0.15) is 36.3 Å². The molecule has 0 unspecified atom stereocenters. The van der Waals surface area contributed by atoms with Gasteiger partial charge in [-0.25, -0.2) is 13.4 Å². The van der Waals surface area contributed by atoms with E-state index in [4.69, 9.17) is 0 Å². The maximum Gasteiger partial charge on any atom is 0.417 e. The fourth-order valence-corrected chi connectivity index (χ4v) is 4.93. The van der Waals surface area contributed by atoms with Gasteiger partial charge in [0.2, 0.25) is 10.0 Å². The smallest absolute Gasteiger partial charge is 0.320 e. The van der Waals surface area contributed by atoms with Crippen LogP contribution in [0.5, 0.6) is 0 Å². The van der Waals surface area contributed by atoms with Crippen molar-refractivity contribution in [2.75, 3.05) is 0 Å². The molecule has 7 nitrogen and oxygen atoms in total. The third-order valence-electron chi connectivity index (χ3n) is 5.83. The summed E-state index contributed by atoms with van der Waals surface area (Å²) in [5, 5.41) is 9.78. The molecule has 1 aliphatic carbocycles. The Morgan fingerprint density at radius 1 is 1.14 bits per heavy atom. The first-order valence-corrected chi connectivity index (χ1v) is 11.8. The highest BCUT2D eigenvalue weighted by atomic mass is 32.2. The standard InChI is InChI=1S/C21H17F6N5O2S/c1-11(20(22,23)24)31-35(33,34)14-5-6-17(29-10-14)18-16(8-28)15-7-12(21(25,26)27)9-30-19(15)32(18)13-3-2-4-13/h5-7,9-11,13,31H,2-4H2,1H3/t11-/m1/s1. The highest BCUT2D eigenvalue weighted by Gasteiger charge is 2.39. The molecule has 0 spiro atoms. The third kappa shape index (κ3) is 4.57. The molecule has 35 heavy (non-hydrogen) atoms. The van der Waals surface area contributed by atoms with Crippen molar-refractivity contribution >= 4 is 21.1 Å². The summed E-state index contributed by atoms with van der Waals surface area (Å²) in [4.78, 5) is 7.47. The third-order valence-corrected chi connectivity index (χ3v) is 7.36. The summed E-state index contributed by atoms with van der Waals surface area (Å²) in [6.07, 6.45) is -5.72. The number of aromatic nitrogens is 3. The van der Waals surface area contributed by atoms with Crippen LogP contribution in [-0.4, -0.2) is 35.2 Å². The number of nitriles is 1. The fraction of sp³-hybridized carbons (Fsp3) is 0.381. The molecule has 3 aromatic rings. The Labute approximate surface area is 195 Å². The van der Waals surface area contributed by atoms with E-state index in [-0.39, 0.29) is 34.0 Å². The summed E-state index contributed by atoms with van der Waals surface area (Å²) < 4.78 is 106. The van der Waals surface area contributed by atoms with Crippen molar-refractivity contribution in [2.45, 2.75) is 55.5 Å². The van der Waals surface area contributed by atoms with Gasteiger partial charge in [-0.15, -0.1) is 0 Å². The van der Waals surface area contributed by atoms with Gasteiger partial charge in [0.15, 0.2) is 0 Å². The van der Waals surface area contributed by atoms with Gasteiger partial charge in [-0.1, -0.05) is 0 Å². The van der Waals surface area contributed by atoms with E-state index in [0.29, 0.717) is 26.0 Å². The normalized spacial score (nSPS) is 16.2. The first kappa shape index (κ1) is 24.9. The van der Waals surface area contributed by atoms with Gasteiger partial charge in [0, 0.05) is 23.8 Å². The maximum absolute atomic E-state index is 13.3. The van der Waals surface area contributed by atoms with Crippen LogP contribution in [0.1, 0.15) is 43.4 Å². The van der Waals surface area contributed by atoms with E-state index in [9.17, 15) is 40.0 Å². The van der Waals surface area contributed by atoms with E-state index >= 15 is 0 Å². The lowest BCUT2D eigenvalue weighted by Gasteiger charge is -2.29. The molecule has 0 radical (unpaired) electrons. The zero-order chi connectivity index (χ0) is 25.8. The summed E-state index contributed by atoms with van der Waals surface area (Å²) >= 11 is 0. The average molecular weight is 517 g/mol. The van der Waals surface area contributed by atoms with Crippen molar-refractivity contribution in [3.63, 3.8) is 0 Å². The van der Waals surface area contributed by atoms with Gasteiger partial charge in [0.25, 0.3) is 0 Å². The van der Waals surface area contributed by atoms with E-state index in [0.717, 1.165) is 24.8 Å². The summed E-state index contributed by atoms with van der Waals surface area (Å²) in [6.45, 7) is 0.651. The first-order valence-electron chi connectivity index (χ1n) is 10.3. The molecule has 0 saturated heterocycles. The molecule has 1 N–H and O–H groups in total. The van der Waals surface area contributed by atoms with Crippen LogP contribution in [0.4, 0.5) is 26.3 Å². The van der Waals surface area contributed by atoms with Crippen molar-refractivity contribution in [1.29, 1.82) is 5.26 Å². The molecule has 3 heterocycles. The molecule has 1 saturated carbocycles. The van der Waals surface area contributed by atoms with Crippen LogP contribution < -0.4 is 4.72 Å². The molecule has 4 rings (SSSR count). The van der Waals surface area contributed by atoms with Crippen LogP contribution in [-0.2, 0) is 16.2 Å². The predicted molar refractivity (Wildman–Crippen MR) is 111 cm³/mol. The first-order chi connectivity index (χ1) is 16.2. The lowest BCUT2D eigenvalue weighted by Crippen LogP contribution is -2.42. The minimum absolute atomic E-state index is 0.0246. The Kier molecular flexibility index (Phi) is 6.05. The highest BCUT2D eigenvalue weighted by molar-refractivity contribution is 7.89. The Morgan fingerprint density at radius 3 is 2.31 bits per heavy atom. The van der Waals surface area contributed by atoms with Gasteiger partial charge in [-0.05, 0) is 44.4 Å². The summed E-state index contributed by atoms with van der Waals surface area (Å²) in [6, 6.07) is 2.46. The van der Waals surface area contributed by atoms with Crippen LogP contribution in [0.15, 0.2) is 35.5 Å². The predicted octanol–water partition coefficient (Wildman–Crippen LogP) is 4.94. The monoisotopic (exact) mass is 517 g/mol. The quantitative estimate of drug-likeness (QED) is 0.483. The molecule has 1 aliphatic rings. The SMILES string of the molecule is C[C@@H](NS(=O)(=O)c1ccc(-c2c(C#N)c3cc(C(F)(F)F)cnc3n2C2CCC2)nc1)C(F)(F)F. The number of alkyl halides is 6.